The molecule has 2 heteroatoms. The van der Waals surface area contributed by atoms with Crippen LogP contribution in [0.3, 0.4) is 0 Å². The van der Waals surface area contributed by atoms with Gasteiger partial charge in [0.1, 0.15) is 0 Å². The van der Waals surface area contributed by atoms with Crippen LogP contribution >= 0.6 is 0 Å². The van der Waals surface area contributed by atoms with Crippen LogP contribution in [0.25, 0.3) is 49.7 Å². The van der Waals surface area contributed by atoms with Gasteiger partial charge < -0.3 is 9.47 Å². The molecule has 7 aromatic carbocycles. The van der Waals surface area contributed by atoms with Gasteiger partial charge >= 0.3 is 0 Å². The molecule has 0 saturated carbocycles. The van der Waals surface area contributed by atoms with Crippen molar-refractivity contribution in [2.24, 2.45) is 0 Å². The minimum Gasteiger partial charge on any atom is -0.308 e. The second-order valence-electron chi connectivity index (χ2n) is 13.0. The first-order valence-electron chi connectivity index (χ1n) is 16.4. The zero-order chi connectivity index (χ0) is 31.5. The van der Waals surface area contributed by atoms with Gasteiger partial charge in [-0.3, -0.25) is 0 Å². The van der Waals surface area contributed by atoms with E-state index in [1.165, 1.54) is 60.9 Å². The molecule has 224 valence electrons. The van der Waals surface area contributed by atoms with Crippen molar-refractivity contribution in [1.29, 1.82) is 0 Å². The van der Waals surface area contributed by atoms with Crippen LogP contribution in [0.1, 0.15) is 25.0 Å². The maximum atomic E-state index is 2.49. The molecule has 0 aliphatic heterocycles. The molecule has 0 spiro atoms. The van der Waals surface area contributed by atoms with Gasteiger partial charge in [0.15, 0.2) is 0 Å². The highest BCUT2D eigenvalue weighted by Gasteiger charge is 2.39. The monoisotopic (exact) mass is 602 g/mol. The molecule has 1 aromatic heterocycles. The molecule has 0 radical (unpaired) electrons. The van der Waals surface area contributed by atoms with Gasteiger partial charge in [-0.1, -0.05) is 141 Å². The fourth-order valence-corrected chi connectivity index (χ4v) is 7.87. The number of hydrogen-bond acceptors (Lipinski definition) is 1. The molecule has 0 atom stereocenters. The molecule has 0 fully saturated rings. The van der Waals surface area contributed by atoms with E-state index in [2.05, 4.69) is 193 Å². The summed E-state index contributed by atoms with van der Waals surface area (Å²) in [5.74, 6) is 0. The first kappa shape index (κ1) is 27.5. The summed E-state index contributed by atoms with van der Waals surface area (Å²) in [6.07, 6.45) is 0. The van der Waals surface area contributed by atoms with Crippen LogP contribution in [-0.2, 0) is 5.41 Å². The molecule has 8 aromatic rings. The number of nitrogens with zero attached hydrogens (tertiary/aromatic N) is 2. The molecular weight excluding hydrogens is 569 g/mol. The molecule has 0 N–H and O–H groups in total. The molecular formula is C45H34N2. The molecule has 47 heavy (non-hydrogen) atoms. The Kier molecular flexibility index (Phi) is 6.20. The highest BCUT2D eigenvalue weighted by molar-refractivity contribution is 6.14. The van der Waals surface area contributed by atoms with Crippen LogP contribution in [0.5, 0.6) is 0 Å². The van der Waals surface area contributed by atoms with Crippen LogP contribution in [0.2, 0.25) is 0 Å². The van der Waals surface area contributed by atoms with Crippen LogP contribution in [-0.4, -0.2) is 4.57 Å². The minimum atomic E-state index is -0.163. The Morgan fingerprint density at radius 2 is 1.06 bits per heavy atom. The summed E-state index contributed by atoms with van der Waals surface area (Å²) >= 11 is 0. The smallest absolute Gasteiger partial charge is 0.0782 e. The zero-order valence-corrected chi connectivity index (χ0v) is 26.6. The summed E-state index contributed by atoms with van der Waals surface area (Å²) in [7, 11) is 0. The standard InChI is InChI=1S/C45H34N2/c1-45(2)39-23-11-9-19-35(39)37-21-13-25-41(43(37)45)46(33-17-7-4-8-18-33)42-26-14-22-38-36-20-10-12-24-40(36)47(44(38)42)34-29-27-32(28-30-34)31-15-5-3-6-16-31/h3-30H,1-2H3. The van der Waals surface area contributed by atoms with Crippen molar-refractivity contribution in [3.8, 4) is 27.9 Å². The predicted octanol–water partition coefficient (Wildman–Crippen LogP) is 12.2. The van der Waals surface area contributed by atoms with E-state index in [-0.39, 0.29) is 5.41 Å². The lowest BCUT2D eigenvalue weighted by molar-refractivity contribution is 0.661. The Hall–Kier alpha value is -5.86. The fraction of sp³-hybridized carbons (Fsp3) is 0.0667. The summed E-state index contributed by atoms with van der Waals surface area (Å²) in [6, 6.07) is 61.8. The lowest BCUT2D eigenvalue weighted by Crippen LogP contribution is -2.21. The summed E-state index contributed by atoms with van der Waals surface area (Å²) in [4.78, 5) is 2.49. The third-order valence-corrected chi connectivity index (χ3v) is 9.96. The zero-order valence-electron chi connectivity index (χ0n) is 26.6. The Bertz CT molecular complexity index is 2420. The summed E-state index contributed by atoms with van der Waals surface area (Å²) in [6.45, 7) is 4.74. The SMILES string of the molecule is CC1(C)c2ccccc2-c2cccc(N(c3ccccc3)c3cccc4c5ccccc5n(-c5ccc(-c6ccccc6)cc5)c34)c21. The van der Waals surface area contributed by atoms with Crippen LogP contribution in [0.4, 0.5) is 17.1 Å². The van der Waals surface area contributed by atoms with Crippen molar-refractivity contribution in [3.05, 3.63) is 181 Å². The van der Waals surface area contributed by atoms with E-state index in [4.69, 9.17) is 0 Å². The van der Waals surface area contributed by atoms with Crippen molar-refractivity contribution in [2.45, 2.75) is 19.3 Å². The number of rotatable bonds is 5. The molecule has 2 nitrogen and oxygen atoms in total. The normalized spacial score (nSPS) is 13.1. The highest BCUT2D eigenvalue weighted by atomic mass is 15.2. The maximum absolute atomic E-state index is 2.49. The molecule has 1 aliphatic rings. The third kappa shape index (κ3) is 4.18. The number of fused-ring (bicyclic) bond motifs is 6. The number of benzene rings is 7. The van der Waals surface area contributed by atoms with Gasteiger partial charge in [-0.15, -0.1) is 0 Å². The second kappa shape index (κ2) is 10.6. The average Bonchev–Trinajstić information content (AvgIpc) is 3.59. The first-order valence-corrected chi connectivity index (χ1v) is 16.4. The number of hydrogen-bond donors (Lipinski definition) is 0. The van der Waals surface area contributed by atoms with Gasteiger partial charge in [0.2, 0.25) is 0 Å². The summed E-state index contributed by atoms with van der Waals surface area (Å²) in [5, 5.41) is 2.48. The third-order valence-electron chi connectivity index (χ3n) is 9.96. The second-order valence-corrected chi connectivity index (χ2v) is 13.0. The Morgan fingerprint density at radius 1 is 0.468 bits per heavy atom. The van der Waals surface area contributed by atoms with Crippen LogP contribution in [0, 0.1) is 0 Å². The Labute approximate surface area is 275 Å². The predicted molar refractivity (Wildman–Crippen MR) is 198 cm³/mol. The molecule has 0 saturated heterocycles. The number of para-hydroxylation sites is 3. The molecule has 9 rings (SSSR count). The molecule has 0 amide bonds. The quantitative estimate of drug-likeness (QED) is 0.190. The van der Waals surface area contributed by atoms with Gasteiger partial charge in [0, 0.05) is 27.6 Å². The van der Waals surface area contributed by atoms with E-state index in [0.29, 0.717) is 0 Å². The minimum absolute atomic E-state index is 0.163. The Balaban J connectivity index is 1.34. The van der Waals surface area contributed by atoms with E-state index < -0.39 is 0 Å². The van der Waals surface area contributed by atoms with E-state index in [1.807, 2.05) is 0 Å². The van der Waals surface area contributed by atoms with Gasteiger partial charge in [-0.25, -0.2) is 0 Å². The van der Waals surface area contributed by atoms with Gasteiger partial charge in [0.05, 0.1) is 22.4 Å². The molecule has 1 heterocycles. The summed E-state index contributed by atoms with van der Waals surface area (Å²) in [5.41, 5.74) is 14.7. The molecule has 1 aliphatic carbocycles. The summed E-state index contributed by atoms with van der Waals surface area (Å²) < 4.78 is 2.45. The van der Waals surface area contributed by atoms with Crippen molar-refractivity contribution >= 4 is 38.9 Å². The number of aromatic nitrogens is 1. The first-order chi connectivity index (χ1) is 23.1. The van der Waals surface area contributed by atoms with Crippen molar-refractivity contribution in [3.63, 3.8) is 0 Å². The van der Waals surface area contributed by atoms with Crippen LogP contribution < -0.4 is 4.90 Å². The van der Waals surface area contributed by atoms with Crippen molar-refractivity contribution < 1.29 is 0 Å². The van der Waals surface area contributed by atoms with Crippen molar-refractivity contribution in [1.82, 2.24) is 4.57 Å². The highest BCUT2D eigenvalue weighted by Crippen LogP contribution is 2.55. The van der Waals surface area contributed by atoms with Crippen LogP contribution in [0.15, 0.2) is 170 Å². The lowest BCUT2D eigenvalue weighted by Gasteiger charge is -2.32. The topological polar surface area (TPSA) is 8.17 Å². The van der Waals surface area contributed by atoms with E-state index in [0.717, 1.165) is 17.1 Å². The van der Waals surface area contributed by atoms with Gasteiger partial charge in [-0.2, -0.15) is 0 Å². The average molecular weight is 603 g/mol. The van der Waals surface area contributed by atoms with E-state index in [1.54, 1.807) is 0 Å². The van der Waals surface area contributed by atoms with Gasteiger partial charge in [0.25, 0.3) is 0 Å². The van der Waals surface area contributed by atoms with Gasteiger partial charge in [-0.05, 0) is 75.8 Å². The fourth-order valence-electron chi connectivity index (χ4n) is 7.87. The number of anilines is 3. The lowest BCUT2D eigenvalue weighted by atomic mass is 9.81. The Morgan fingerprint density at radius 3 is 1.87 bits per heavy atom. The van der Waals surface area contributed by atoms with E-state index in [9.17, 15) is 0 Å². The van der Waals surface area contributed by atoms with E-state index >= 15 is 0 Å². The maximum Gasteiger partial charge on any atom is 0.0782 e. The molecule has 0 unspecified atom stereocenters. The molecule has 0 bridgehead atoms. The largest absolute Gasteiger partial charge is 0.308 e. The van der Waals surface area contributed by atoms with Crippen molar-refractivity contribution in [2.75, 3.05) is 4.90 Å².